The number of anilines is 1. The van der Waals surface area contributed by atoms with E-state index in [1.165, 1.54) is 6.33 Å². The number of aryl methyl sites for hydroxylation is 1. The van der Waals surface area contributed by atoms with Gasteiger partial charge in [0.1, 0.15) is 25.0 Å². The van der Waals surface area contributed by atoms with Crippen LogP contribution in [0.1, 0.15) is 50.1 Å². The van der Waals surface area contributed by atoms with E-state index in [9.17, 15) is 0 Å². The molecule has 0 unspecified atom stereocenters. The molecule has 4 heterocycles. The summed E-state index contributed by atoms with van der Waals surface area (Å²) in [4.78, 5) is 10.6. The van der Waals surface area contributed by atoms with Crippen LogP contribution in [0.5, 0.6) is 0 Å². The Hall–Kier alpha value is -2.78. The lowest BCUT2D eigenvalue weighted by Gasteiger charge is -2.30. The Bertz CT molecular complexity index is 830. The van der Waals surface area contributed by atoms with Crippen molar-refractivity contribution < 1.29 is 4.52 Å². The SMILES string of the molecule is CCc1nc(N2CCC(c3nnc(Cn4cncn4)n3CC)CC2)no1. The van der Waals surface area contributed by atoms with Crippen LogP contribution in [0.15, 0.2) is 17.2 Å². The summed E-state index contributed by atoms with van der Waals surface area (Å²) >= 11 is 0. The van der Waals surface area contributed by atoms with Crippen molar-refractivity contribution in [3.8, 4) is 0 Å². The normalized spacial score (nSPS) is 15.7. The predicted octanol–water partition coefficient (Wildman–Crippen LogP) is 1.27. The van der Waals surface area contributed by atoms with Crippen molar-refractivity contribution in [2.45, 2.75) is 52.1 Å². The summed E-state index contributed by atoms with van der Waals surface area (Å²) in [5.41, 5.74) is 0. The van der Waals surface area contributed by atoms with E-state index in [-0.39, 0.29) is 0 Å². The molecule has 1 saturated heterocycles. The number of rotatable bonds is 6. The van der Waals surface area contributed by atoms with Crippen molar-refractivity contribution in [1.29, 1.82) is 0 Å². The van der Waals surface area contributed by atoms with Crippen molar-refractivity contribution in [2.75, 3.05) is 18.0 Å². The van der Waals surface area contributed by atoms with Gasteiger partial charge in [-0.05, 0) is 24.9 Å². The first-order chi connectivity index (χ1) is 12.8. The van der Waals surface area contributed by atoms with Crippen molar-refractivity contribution >= 4 is 5.95 Å². The summed E-state index contributed by atoms with van der Waals surface area (Å²) in [6.45, 7) is 7.35. The largest absolute Gasteiger partial charge is 0.338 e. The molecule has 3 aromatic rings. The molecule has 26 heavy (non-hydrogen) atoms. The van der Waals surface area contributed by atoms with E-state index in [1.54, 1.807) is 11.0 Å². The van der Waals surface area contributed by atoms with Gasteiger partial charge in [0.15, 0.2) is 5.82 Å². The predicted molar refractivity (Wildman–Crippen MR) is 92.7 cm³/mol. The third-order valence-corrected chi connectivity index (χ3v) is 4.85. The molecule has 1 aliphatic rings. The van der Waals surface area contributed by atoms with Crippen LogP contribution in [-0.4, -0.2) is 52.8 Å². The standard InChI is InChI=1S/C16H23N9O/c1-3-14-19-16(22-26-14)23-7-5-12(6-8-23)15-21-20-13(25(15)4-2)9-24-11-17-10-18-24/h10-12H,3-9H2,1-2H3. The van der Waals surface area contributed by atoms with Crippen molar-refractivity contribution in [2.24, 2.45) is 0 Å². The molecule has 1 aliphatic heterocycles. The molecule has 1 fully saturated rings. The molecule has 138 valence electrons. The lowest BCUT2D eigenvalue weighted by molar-refractivity contribution is 0.378. The number of hydrogen-bond acceptors (Lipinski definition) is 8. The smallest absolute Gasteiger partial charge is 0.266 e. The van der Waals surface area contributed by atoms with Gasteiger partial charge in [0.05, 0.1) is 0 Å². The van der Waals surface area contributed by atoms with Crippen molar-refractivity contribution in [3.05, 3.63) is 30.2 Å². The van der Waals surface area contributed by atoms with E-state index in [2.05, 4.69) is 46.8 Å². The molecule has 0 radical (unpaired) electrons. The van der Waals surface area contributed by atoms with Gasteiger partial charge in [0.2, 0.25) is 5.89 Å². The summed E-state index contributed by atoms with van der Waals surface area (Å²) < 4.78 is 9.19. The third kappa shape index (κ3) is 3.18. The van der Waals surface area contributed by atoms with E-state index in [4.69, 9.17) is 4.52 Å². The molecule has 10 heteroatoms. The molecular weight excluding hydrogens is 334 g/mol. The first-order valence-corrected chi connectivity index (χ1v) is 9.10. The monoisotopic (exact) mass is 357 g/mol. The van der Waals surface area contributed by atoms with Gasteiger partial charge in [-0.2, -0.15) is 10.1 Å². The summed E-state index contributed by atoms with van der Waals surface area (Å²) in [6, 6.07) is 0. The van der Waals surface area contributed by atoms with Gasteiger partial charge in [-0.25, -0.2) is 9.67 Å². The first-order valence-electron chi connectivity index (χ1n) is 9.10. The van der Waals surface area contributed by atoms with Gasteiger partial charge in [-0.15, -0.1) is 10.2 Å². The van der Waals surface area contributed by atoms with Crippen LogP contribution in [0.4, 0.5) is 5.95 Å². The second-order valence-corrected chi connectivity index (χ2v) is 6.41. The van der Waals surface area contributed by atoms with Crippen LogP contribution in [-0.2, 0) is 19.5 Å². The maximum Gasteiger partial charge on any atom is 0.266 e. The molecule has 4 rings (SSSR count). The minimum Gasteiger partial charge on any atom is -0.338 e. The minimum absolute atomic E-state index is 0.390. The molecule has 0 aromatic carbocycles. The van der Waals surface area contributed by atoms with Gasteiger partial charge in [-0.1, -0.05) is 6.92 Å². The van der Waals surface area contributed by atoms with Crippen LogP contribution in [0, 0.1) is 0 Å². The van der Waals surface area contributed by atoms with Crippen LogP contribution in [0.2, 0.25) is 0 Å². The highest BCUT2D eigenvalue weighted by atomic mass is 16.5. The number of nitrogens with zero attached hydrogens (tertiary/aromatic N) is 9. The summed E-state index contributed by atoms with van der Waals surface area (Å²) in [5, 5.41) is 17.1. The fourth-order valence-corrected chi connectivity index (χ4v) is 3.43. The molecule has 0 N–H and O–H groups in total. The first kappa shape index (κ1) is 16.7. The topological polar surface area (TPSA) is 104 Å². The number of piperidine rings is 1. The van der Waals surface area contributed by atoms with Gasteiger partial charge in [-0.3, -0.25) is 0 Å². The zero-order valence-corrected chi connectivity index (χ0v) is 15.1. The van der Waals surface area contributed by atoms with Crippen LogP contribution < -0.4 is 4.90 Å². The summed E-state index contributed by atoms with van der Waals surface area (Å²) in [6.07, 6.45) is 5.99. The molecule has 0 spiro atoms. The Kier molecular flexibility index (Phi) is 4.63. The maximum atomic E-state index is 5.23. The molecule has 3 aromatic heterocycles. The van der Waals surface area contributed by atoms with E-state index >= 15 is 0 Å². The Balaban J connectivity index is 1.44. The number of hydrogen-bond donors (Lipinski definition) is 0. The molecule has 10 nitrogen and oxygen atoms in total. The highest BCUT2D eigenvalue weighted by molar-refractivity contribution is 5.29. The zero-order chi connectivity index (χ0) is 17.9. The number of aromatic nitrogens is 8. The molecule has 0 aliphatic carbocycles. The Morgan fingerprint density at radius 1 is 1.19 bits per heavy atom. The Labute approximate surface area is 151 Å². The molecule has 0 saturated carbocycles. The highest BCUT2D eigenvalue weighted by Gasteiger charge is 2.27. The quantitative estimate of drug-likeness (QED) is 0.649. The summed E-state index contributed by atoms with van der Waals surface area (Å²) in [5.74, 6) is 3.75. The summed E-state index contributed by atoms with van der Waals surface area (Å²) in [7, 11) is 0. The molecule has 0 atom stereocenters. The lowest BCUT2D eigenvalue weighted by Crippen LogP contribution is -2.34. The zero-order valence-electron chi connectivity index (χ0n) is 15.1. The molecule has 0 amide bonds. The van der Waals surface area contributed by atoms with E-state index in [1.807, 2.05) is 6.92 Å². The van der Waals surface area contributed by atoms with Crippen LogP contribution in [0.25, 0.3) is 0 Å². The Morgan fingerprint density at radius 2 is 2.04 bits per heavy atom. The van der Waals surface area contributed by atoms with Crippen molar-refractivity contribution in [3.63, 3.8) is 0 Å². The van der Waals surface area contributed by atoms with Gasteiger partial charge < -0.3 is 14.0 Å². The van der Waals surface area contributed by atoms with Crippen LogP contribution in [0.3, 0.4) is 0 Å². The van der Waals surface area contributed by atoms with Crippen molar-refractivity contribution in [1.82, 2.24) is 39.7 Å². The Morgan fingerprint density at radius 3 is 2.69 bits per heavy atom. The van der Waals surface area contributed by atoms with Gasteiger partial charge >= 0.3 is 0 Å². The van der Waals surface area contributed by atoms with Crippen LogP contribution >= 0.6 is 0 Å². The van der Waals surface area contributed by atoms with E-state index < -0.39 is 0 Å². The van der Waals surface area contributed by atoms with E-state index in [0.29, 0.717) is 24.3 Å². The highest BCUT2D eigenvalue weighted by Crippen LogP contribution is 2.29. The second-order valence-electron chi connectivity index (χ2n) is 6.41. The maximum absolute atomic E-state index is 5.23. The van der Waals surface area contributed by atoms with Gasteiger partial charge in [0, 0.05) is 32.0 Å². The third-order valence-electron chi connectivity index (χ3n) is 4.85. The lowest BCUT2D eigenvalue weighted by atomic mass is 9.96. The molecular formula is C16H23N9O. The average molecular weight is 357 g/mol. The average Bonchev–Trinajstić information content (AvgIpc) is 3.43. The van der Waals surface area contributed by atoms with Gasteiger partial charge in [0.25, 0.3) is 5.95 Å². The van der Waals surface area contributed by atoms with E-state index in [0.717, 1.165) is 50.5 Å². The second kappa shape index (κ2) is 7.22. The molecule has 0 bridgehead atoms. The minimum atomic E-state index is 0.390. The fraction of sp³-hybridized carbons (Fsp3) is 0.625. The fourth-order valence-electron chi connectivity index (χ4n) is 3.43.